The Morgan fingerprint density at radius 1 is 0.650 bits per heavy atom. The summed E-state index contributed by atoms with van der Waals surface area (Å²) >= 11 is 0. The normalized spacial score (nSPS) is 19.8. The van der Waals surface area contributed by atoms with Gasteiger partial charge in [0.15, 0.2) is 0 Å². The van der Waals surface area contributed by atoms with Crippen LogP contribution in [-0.2, 0) is 10.8 Å². The number of hydrogen-bond acceptors (Lipinski definition) is 3. The van der Waals surface area contributed by atoms with Crippen LogP contribution in [0.25, 0.3) is 27.1 Å². The number of fused-ring (bicyclic) bond motifs is 6. The van der Waals surface area contributed by atoms with Gasteiger partial charge < -0.3 is 0 Å². The van der Waals surface area contributed by atoms with Crippen molar-refractivity contribution in [3.05, 3.63) is 161 Å². The van der Waals surface area contributed by atoms with Crippen LogP contribution in [0.4, 0.5) is 0 Å². The summed E-state index contributed by atoms with van der Waals surface area (Å²) in [6.07, 6.45) is 10.9. The first-order valence-corrected chi connectivity index (χ1v) is 14.7. The van der Waals surface area contributed by atoms with Crippen molar-refractivity contribution in [3.8, 4) is 0 Å². The maximum absolute atomic E-state index is 14.1. The Labute approximate surface area is 234 Å². The predicted octanol–water partition coefficient (Wildman–Crippen LogP) is 6.87. The van der Waals surface area contributed by atoms with E-state index in [2.05, 4.69) is 66.8 Å². The van der Waals surface area contributed by atoms with Crippen LogP contribution in [0.5, 0.6) is 0 Å². The Bertz CT molecular complexity index is 2080. The Morgan fingerprint density at radius 2 is 1.27 bits per heavy atom. The van der Waals surface area contributed by atoms with Gasteiger partial charge in [-0.3, -0.25) is 4.99 Å². The van der Waals surface area contributed by atoms with Gasteiger partial charge in [-0.15, -0.1) is 0 Å². The van der Waals surface area contributed by atoms with E-state index >= 15 is 0 Å². The van der Waals surface area contributed by atoms with Crippen LogP contribution in [0, 0.1) is 5.92 Å². The van der Waals surface area contributed by atoms with E-state index in [0.29, 0.717) is 0 Å². The monoisotopic (exact) mass is 532 g/mol. The van der Waals surface area contributed by atoms with Crippen molar-refractivity contribution in [2.45, 2.75) is 15.8 Å². The number of rotatable bonds is 3. The molecule has 0 spiro atoms. The molecule has 40 heavy (non-hydrogen) atoms. The SMILES string of the molecule is O=S(c1ccccc1)c1c2ccccc2c(C2=C3C=CC=CC3C3N=c4ccccc4=NC3=C2)c2ccccc12. The molecule has 4 heteroatoms. The Balaban J connectivity index is 1.46. The summed E-state index contributed by atoms with van der Waals surface area (Å²) in [5.74, 6) is 0.0905. The molecule has 3 atom stereocenters. The molecule has 1 aliphatic heterocycles. The summed E-state index contributed by atoms with van der Waals surface area (Å²) in [6.45, 7) is 0. The molecule has 0 N–H and O–H groups in total. The van der Waals surface area contributed by atoms with Gasteiger partial charge in [0.05, 0.1) is 32.1 Å². The minimum absolute atomic E-state index is 0.0581. The number of allylic oxidation sites excluding steroid dienone is 5. The lowest BCUT2D eigenvalue weighted by Crippen LogP contribution is -2.37. The standard InChI is InChI=1S/C36H24N2OS/c39-40(23-12-2-1-3-13-23)36-28-18-8-5-15-25(28)34(26-16-6-9-19-29(26)36)30-22-33-35(27-17-7-4-14-24(27)30)38-32-21-11-10-20-31(32)37-33/h1-22,27,35H. The van der Waals surface area contributed by atoms with Crippen LogP contribution in [0.1, 0.15) is 5.56 Å². The predicted molar refractivity (Wildman–Crippen MR) is 162 cm³/mol. The molecule has 8 rings (SSSR count). The number of para-hydroxylation sites is 2. The van der Waals surface area contributed by atoms with Crippen LogP contribution in [0.2, 0.25) is 0 Å². The largest absolute Gasteiger partial charge is 0.272 e. The first-order chi connectivity index (χ1) is 19.8. The Morgan fingerprint density at radius 3 is 2.00 bits per heavy atom. The van der Waals surface area contributed by atoms with E-state index < -0.39 is 10.8 Å². The second-order valence-electron chi connectivity index (χ2n) is 10.3. The maximum Gasteiger partial charge on any atom is 0.103 e. The van der Waals surface area contributed by atoms with Crippen LogP contribution in [0.3, 0.4) is 0 Å². The van der Waals surface area contributed by atoms with Crippen molar-refractivity contribution in [1.82, 2.24) is 0 Å². The zero-order chi connectivity index (χ0) is 26.6. The minimum Gasteiger partial charge on any atom is -0.272 e. The van der Waals surface area contributed by atoms with Crippen molar-refractivity contribution in [2.24, 2.45) is 15.9 Å². The molecule has 0 radical (unpaired) electrons. The van der Waals surface area contributed by atoms with Gasteiger partial charge in [-0.05, 0) is 68.6 Å². The summed E-state index contributed by atoms with van der Waals surface area (Å²) in [4.78, 5) is 11.9. The van der Waals surface area contributed by atoms with Gasteiger partial charge in [-0.2, -0.15) is 0 Å². The molecule has 3 unspecified atom stereocenters. The molecule has 190 valence electrons. The molecular weight excluding hydrogens is 508 g/mol. The molecule has 0 amide bonds. The summed E-state index contributed by atoms with van der Waals surface area (Å²) in [5, 5.41) is 6.05. The van der Waals surface area contributed by atoms with Gasteiger partial charge in [0.25, 0.3) is 0 Å². The first-order valence-electron chi connectivity index (χ1n) is 13.5. The molecular formula is C36H24N2OS. The zero-order valence-electron chi connectivity index (χ0n) is 21.6. The quantitative estimate of drug-likeness (QED) is 0.234. The fourth-order valence-electron chi connectivity index (χ4n) is 6.26. The molecule has 2 aliphatic carbocycles. The van der Waals surface area contributed by atoms with Crippen molar-refractivity contribution in [2.75, 3.05) is 0 Å². The van der Waals surface area contributed by atoms with Gasteiger partial charge in [0.2, 0.25) is 0 Å². The van der Waals surface area contributed by atoms with Crippen molar-refractivity contribution < 1.29 is 4.21 Å². The van der Waals surface area contributed by atoms with E-state index in [9.17, 15) is 4.21 Å². The molecule has 0 aromatic heterocycles. The highest BCUT2D eigenvalue weighted by Crippen LogP contribution is 2.46. The number of benzene rings is 5. The van der Waals surface area contributed by atoms with Gasteiger partial charge in [-0.25, -0.2) is 9.20 Å². The van der Waals surface area contributed by atoms with E-state index in [-0.39, 0.29) is 12.0 Å². The summed E-state index contributed by atoms with van der Waals surface area (Å²) in [5.41, 5.74) is 4.52. The second kappa shape index (κ2) is 9.22. The summed E-state index contributed by atoms with van der Waals surface area (Å²) in [7, 11) is -1.34. The first kappa shape index (κ1) is 23.2. The molecule has 3 aliphatic rings. The fraction of sp³-hybridized carbons (Fsp3) is 0.0556. The van der Waals surface area contributed by atoms with E-state index in [1.807, 2.05) is 66.7 Å². The molecule has 5 aromatic carbocycles. The second-order valence-corrected chi connectivity index (χ2v) is 11.7. The van der Waals surface area contributed by atoms with Crippen LogP contribution >= 0.6 is 0 Å². The van der Waals surface area contributed by atoms with Crippen molar-refractivity contribution >= 4 is 37.9 Å². The Hall–Kier alpha value is -4.67. The lowest BCUT2D eigenvalue weighted by atomic mass is 9.76. The lowest BCUT2D eigenvalue weighted by Gasteiger charge is -2.33. The van der Waals surface area contributed by atoms with E-state index in [1.165, 1.54) is 5.57 Å². The third-order valence-electron chi connectivity index (χ3n) is 8.01. The molecule has 3 nitrogen and oxygen atoms in total. The summed E-state index contributed by atoms with van der Waals surface area (Å²) in [6, 6.07) is 34.6. The third kappa shape index (κ3) is 3.53. The van der Waals surface area contributed by atoms with Crippen molar-refractivity contribution in [1.29, 1.82) is 0 Å². The molecule has 0 saturated carbocycles. The smallest absolute Gasteiger partial charge is 0.103 e. The molecule has 0 fully saturated rings. The van der Waals surface area contributed by atoms with Gasteiger partial charge >= 0.3 is 0 Å². The molecule has 1 heterocycles. The van der Waals surface area contributed by atoms with Crippen LogP contribution in [0.15, 0.2) is 165 Å². The van der Waals surface area contributed by atoms with Gasteiger partial charge in [0.1, 0.15) is 6.04 Å². The maximum atomic E-state index is 14.1. The van der Waals surface area contributed by atoms with Gasteiger partial charge in [0, 0.05) is 10.8 Å². The van der Waals surface area contributed by atoms with Crippen molar-refractivity contribution in [3.63, 3.8) is 0 Å². The number of hydrogen-bond donors (Lipinski definition) is 0. The van der Waals surface area contributed by atoms with Crippen LogP contribution in [-0.4, -0.2) is 10.3 Å². The highest BCUT2D eigenvalue weighted by atomic mass is 32.2. The molecule has 5 aromatic rings. The summed E-state index contributed by atoms with van der Waals surface area (Å²) < 4.78 is 14.1. The highest BCUT2D eigenvalue weighted by molar-refractivity contribution is 7.85. The average molecular weight is 533 g/mol. The topological polar surface area (TPSA) is 41.8 Å². The zero-order valence-corrected chi connectivity index (χ0v) is 22.4. The van der Waals surface area contributed by atoms with Crippen LogP contribution < -0.4 is 10.7 Å². The highest BCUT2D eigenvalue weighted by Gasteiger charge is 2.34. The van der Waals surface area contributed by atoms with E-state index in [1.54, 1.807) is 0 Å². The van der Waals surface area contributed by atoms with E-state index in [4.69, 9.17) is 9.98 Å². The lowest BCUT2D eigenvalue weighted by molar-refractivity contribution is 0.598. The van der Waals surface area contributed by atoms with E-state index in [0.717, 1.165) is 58.9 Å². The molecule has 0 bridgehead atoms. The fourth-order valence-corrected chi connectivity index (χ4v) is 7.66. The number of nitrogens with zero attached hydrogens (tertiary/aromatic N) is 2. The Kier molecular flexibility index (Phi) is 5.35. The average Bonchev–Trinajstić information content (AvgIpc) is 3.02. The third-order valence-corrected chi connectivity index (χ3v) is 9.53. The molecule has 0 saturated heterocycles. The minimum atomic E-state index is -1.34. The van der Waals surface area contributed by atoms with Gasteiger partial charge in [-0.1, -0.05) is 103 Å².